The quantitative estimate of drug-likeness (QED) is 0.905. The first-order valence-electron chi connectivity index (χ1n) is 7.66. The molecule has 4 saturated carbocycles. The van der Waals surface area contributed by atoms with Crippen LogP contribution in [0.15, 0.2) is 16.5 Å². The van der Waals surface area contributed by atoms with Crippen molar-refractivity contribution in [2.24, 2.45) is 23.5 Å². The Balaban J connectivity index is 1.44. The Labute approximate surface area is 114 Å². The van der Waals surface area contributed by atoms with Gasteiger partial charge in [0.05, 0.1) is 12.1 Å². The van der Waals surface area contributed by atoms with Gasteiger partial charge in [-0.25, -0.2) is 0 Å². The smallest absolute Gasteiger partial charge is 0.129 e. The van der Waals surface area contributed by atoms with Gasteiger partial charge >= 0.3 is 0 Å². The molecule has 0 atom stereocenters. The summed E-state index contributed by atoms with van der Waals surface area (Å²) in [4.78, 5) is 0. The number of hydrogen-bond acceptors (Lipinski definition) is 3. The molecule has 4 aliphatic carbocycles. The first-order valence-corrected chi connectivity index (χ1v) is 7.66. The highest BCUT2D eigenvalue weighted by molar-refractivity contribution is 5.07. The van der Waals surface area contributed by atoms with Gasteiger partial charge in [0.25, 0.3) is 0 Å². The number of ether oxygens (including phenoxy) is 1. The van der Waals surface area contributed by atoms with Gasteiger partial charge in [-0.05, 0) is 68.4 Å². The summed E-state index contributed by atoms with van der Waals surface area (Å²) in [5.41, 5.74) is 5.74. The zero-order valence-electron chi connectivity index (χ0n) is 11.4. The Bertz CT molecular complexity index is 430. The van der Waals surface area contributed by atoms with E-state index in [1.54, 1.807) is 0 Å². The van der Waals surface area contributed by atoms with Gasteiger partial charge in [-0.1, -0.05) is 0 Å². The Morgan fingerprint density at radius 3 is 2.16 bits per heavy atom. The summed E-state index contributed by atoms with van der Waals surface area (Å²) in [6.07, 6.45) is 8.22. The van der Waals surface area contributed by atoms with Crippen LogP contribution in [-0.2, 0) is 17.9 Å². The molecule has 104 valence electrons. The van der Waals surface area contributed by atoms with Crippen molar-refractivity contribution in [3.63, 3.8) is 0 Å². The predicted octanol–water partition coefficient (Wildman–Crippen LogP) is 3.22. The van der Waals surface area contributed by atoms with E-state index in [1.165, 1.54) is 38.5 Å². The summed E-state index contributed by atoms with van der Waals surface area (Å²) in [5.74, 6) is 4.58. The van der Waals surface area contributed by atoms with E-state index in [9.17, 15) is 0 Å². The average Bonchev–Trinajstić information content (AvgIpc) is 2.83. The minimum absolute atomic E-state index is 0.171. The molecule has 2 N–H and O–H groups in total. The van der Waals surface area contributed by atoms with E-state index < -0.39 is 0 Å². The zero-order chi connectivity index (χ0) is 12.9. The van der Waals surface area contributed by atoms with Crippen molar-refractivity contribution in [3.8, 4) is 0 Å². The average molecular weight is 261 g/mol. The first kappa shape index (κ1) is 12.0. The lowest BCUT2D eigenvalue weighted by molar-refractivity contribution is -0.171. The van der Waals surface area contributed by atoms with Gasteiger partial charge < -0.3 is 14.9 Å². The second-order valence-electron chi connectivity index (χ2n) is 6.96. The maximum atomic E-state index is 6.35. The molecule has 3 heteroatoms. The molecule has 1 heterocycles. The highest BCUT2D eigenvalue weighted by Gasteiger charge is 2.51. The van der Waals surface area contributed by atoms with E-state index in [0.29, 0.717) is 13.2 Å². The molecular formula is C16H23NO2. The molecule has 0 aliphatic heterocycles. The Morgan fingerprint density at radius 2 is 1.63 bits per heavy atom. The summed E-state index contributed by atoms with van der Waals surface area (Å²) in [7, 11) is 0. The molecule has 0 spiro atoms. The lowest BCUT2D eigenvalue weighted by atomic mass is 9.54. The zero-order valence-corrected chi connectivity index (χ0v) is 11.4. The van der Waals surface area contributed by atoms with Crippen LogP contribution in [0.5, 0.6) is 0 Å². The molecule has 4 fully saturated rings. The maximum Gasteiger partial charge on any atom is 0.129 e. The van der Waals surface area contributed by atoms with E-state index in [2.05, 4.69) is 0 Å². The van der Waals surface area contributed by atoms with Crippen LogP contribution in [0.2, 0.25) is 0 Å². The van der Waals surface area contributed by atoms with Gasteiger partial charge in [-0.3, -0.25) is 0 Å². The SMILES string of the molecule is NCc1ccc(COC23CC4CC(CC(C4)C2)C3)o1. The second kappa shape index (κ2) is 4.35. The Morgan fingerprint density at radius 1 is 1.05 bits per heavy atom. The molecule has 0 aromatic carbocycles. The van der Waals surface area contributed by atoms with Crippen molar-refractivity contribution in [1.29, 1.82) is 0 Å². The minimum Gasteiger partial charge on any atom is -0.462 e. The monoisotopic (exact) mass is 261 g/mol. The normalized spacial score (nSPS) is 39.9. The molecule has 0 unspecified atom stereocenters. The lowest BCUT2D eigenvalue weighted by Gasteiger charge is -2.56. The summed E-state index contributed by atoms with van der Waals surface area (Å²) in [6, 6.07) is 3.96. The van der Waals surface area contributed by atoms with Gasteiger partial charge in [0.1, 0.15) is 18.1 Å². The van der Waals surface area contributed by atoms with Crippen molar-refractivity contribution >= 4 is 0 Å². The van der Waals surface area contributed by atoms with Crippen molar-refractivity contribution in [2.45, 2.75) is 57.3 Å². The molecule has 5 rings (SSSR count). The van der Waals surface area contributed by atoms with Crippen LogP contribution in [0.3, 0.4) is 0 Å². The van der Waals surface area contributed by atoms with Crippen LogP contribution in [0.25, 0.3) is 0 Å². The first-order chi connectivity index (χ1) is 9.25. The Kier molecular flexibility index (Phi) is 2.75. The molecule has 4 bridgehead atoms. The van der Waals surface area contributed by atoms with E-state index in [0.717, 1.165) is 29.3 Å². The fourth-order valence-corrected chi connectivity index (χ4v) is 5.04. The molecule has 1 aromatic heterocycles. The summed E-state index contributed by atoms with van der Waals surface area (Å²) in [6.45, 7) is 1.09. The fourth-order valence-electron chi connectivity index (χ4n) is 5.04. The van der Waals surface area contributed by atoms with Gasteiger partial charge in [-0.2, -0.15) is 0 Å². The number of nitrogens with two attached hydrogens (primary N) is 1. The fraction of sp³-hybridized carbons (Fsp3) is 0.750. The Hall–Kier alpha value is -0.800. The van der Waals surface area contributed by atoms with Crippen LogP contribution in [0.4, 0.5) is 0 Å². The maximum absolute atomic E-state index is 6.35. The molecule has 1 aromatic rings. The summed E-state index contributed by atoms with van der Waals surface area (Å²) < 4.78 is 12.0. The highest BCUT2D eigenvalue weighted by Crippen LogP contribution is 2.57. The standard InChI is InChI=1S/C16H23NO2/c17-9-14-1-2-15(19-14)10-18-16-6-11-3-12(7-16)5-13(4-11)8-16/h1-2,11-13H,3-10,17H2. The third-order valence-electron chi connectivity index (χ3n) is 5.42. The molecule has 0 amide bonds. The van der Waals surface area contributed by atoms with Crippen molar-refractivity contribution in [2.75, 3.05) is 0 Å². The second-order valence-corrected chi connectivity index (χ2v) is 6.96. The molecule has 4 aliphatic rings. The number of hydrogen-bond donors (Lipinski definition) is 1. The van der Waals surface area contributed by atoms with E-state index in [-0.39, 0.29) is 5.60 Å². The van der Waals surface area contributed by atoms with Gasteiger partial charge in [0, 0.05) is 0 Å². The van der Waals surface area contributed by atoms with Crippen LogP contribution < -0.4 is 5.73 Å². The largest absolute Gasteiger partial charge is 0.462 e. The topological polar surface area (TPSA) is 48.4 Å². The molecular weight excluding hydrogens is 238 g/mol. The number of furan rings is 1. The van der Waals surface area contributed by atoms with Gasteiger partial charge in [-0.15, -0.1) is 0 Å². The van der Waals surface area contributed by atoms with Crippen molar-refractivity contribution in [3.05, 3.63) is 23.7 Å². The van der Waals surface area contributed by atoms with Crippen LogP contribution in [-0.4, -0.2) is 5.60 Å². The molecule has 0 saturated heterocycles. The number of rotatable bonds is 4. The van der Waals surface area contributed by atoms with Gasteiger partial charge in [0.2, 0.25) is 0 Å². The minimum atomic E-state index is 0.171. The van der Waals surface area contributed by atoms with E-state index in [1.807, 2.05) is 12.1 Å². The molecule has 3 nitrogen and oxygen atoms in total. The third kappa shape index (κ3) is 2.13. The van der Waals surface area contributed by atoms with Crippen molar-refractivity contribution < 1.29 is 9.15 Å². The van der Waals surface area contributed by atoms with Crippen LogP contribution in [0, 0.1) is 17.8 Å². The summed E-state index contributed by atoms with van der Waals surface area (Å²) in [5, 5.41) is 0. The third-order valence-corrected chi connectivity index (χ3v) is 5.42. The summed E-state index contributed by atoms with van der Waals surface area (Å²) >= 11 is 0. The predicted molar refractivity (Wildman–Crippen MR) is 72.3 cm³/mol. The van der Waals surface area contributed by atoms with Crippen LogP contribution >= 0.6 is 0 Å². The molecule has 0 radical (unpaired) electrons. The van der Waals surface area contributed by atoms with Gasteiger partial charge in [0.15, 0.2) is 0 Å². The van der Waals surface area contributed by atoms with Crippen LogP contribution in [0.1, 0.15) is 50.0 Å². The van der Waals surface area contributed by atoms with E-state index in [4.69, 9.17) is 14.9 Å². The highest BCUT2D eigenvalue weighted by atomic mass is 16.5. The van der Waals surface area contributed by atoms with Crippen molar-refractivity contribution in [1.82, 2.24) is 0 Å². The van der Waals surface area contributed by atoms with E-state index >= 15 is 0 Å². The molecule has 19 heavy (non-hydrogen) atoms. The lowest BCUT2D eigenvalue weighted by Crippen LogP contribution is -2.51.